The van der Waals surface area contributed by atoms with Crippen LogP contribution in [-0.2, 0) is 6.42 Å². The summed E-state index contributed by atoms with van der Waals surface area (Å²) >= 11 is 0. The Hall–Kier alpha value is -9.76. The van der Waals surface area contributed by atoms with E-state index < -0.39 is 0 Å². The minimum absolute atomic E-state index is 0.979. The first-order valence-electron chi connectivity index (χ1n) is 26.5. The number of nitrogens with zero attached hydrogens (tertiary/aromatic N) is 2. The minimum atomic E-state index is 0.979. The van der Waals surface area contributed by atoms with Gasteiger partial charge >= 0.3 is 0 Å². The van der Waals surface area contributed by atoms with Gasteiger partial charge in [0.05, 0.1) is 17.1 Å². The lowest BCUT2D eigenvalue weighted by molar-refractivity contribution is 0.980. The van der Waals surface area contributed by atoms with Crippen LogP contribution in [0, 0.1) is 0 Å². The summed E-state index contributed by atoms with van der Waals surface area (Å²) in [6.45, 7) is 0. The van der Waals surface area contributed by atoms with Gasteiger partial charge in [-0.15, -0.1) is 0 Å². The third-order valence-corrected chi connectivity index (χ3v) is 16.0. The van der Waals surface area contributed by atoms with E-state index in [4.69, 9.17) is 0 Å². The normalized spacial score (nSPS) is 12.3. The molecule has 0 fully saturated rings. The van der Waals surface area contributed by atoms with Gasteiger partial charge in [0.1, 0.15) is 0 Å². The van der Waals surface area contributed by atoms with Crippen LogP contribution in [0.1, 0.15) is 17.5 Å². The van der Waals surface area contributed by atoms with Gasteiger partial charge in [-0.3, -0.25) is 0 Å². The van der Waals surface area contributed by atoms with Crippen LogP contribution in [0.2, 0.25) is 0 Å². The third kappa shape index (κ3) is 7.25. The molecule has 0 heterocycles. The lowest BCUT2D eigenvalue weighted by Gasteiger charge is -2.31. The van der Waals surface area contributed by atoms with Crippen molar-refractivity contribution in [3.05, 3.63) is 284 Å². The maximum absolute atomic E-state index is 2.54. The van der Waals surface area contributed by atoms with Crippen LogP contribution in [0.3, 0.4) is 0 Å². The highest BCUT2D eigenvalue weighted by molar-refractivity contribution is 6.24. The summed E-state index contributed by atoms with van der Waals surface area (Å²) in [6.07, 6.45) is 6.61. The highest BCUT2D eigenvalue weighted by Crippen LogP contribution is 2.51. The van der Waals surface area contributed by atoms with Gasteiger partial charge in [0.2, 0.25) is 0 Å². The molecule has 0 unspecified atom stereocenters. The summed E-state index contributed by atoms with van der Waals surface area (Å²) in [4.78, 5) is 5.04. The van der Waals surface area contributed by atoms with Crippen LogP contribution >= 0.6 is 0 Å². The van der Waals surface area contributed by atoms with E-state index in [1.807, 2.05) is 0 Å². The molecule has 15 rings (SSSR count). The van der Waals surface area contributed by atoms with Gasteiger partial charge in [-0.25, -0.2) is 0 Å². The Morgan fingerprint density at radius 3 is 1.14 bits per heavy atom. The smallest absolute Gasteiger partial charge is 0.0540 e. The molecule has 0 saturated heterocycles. The number of fused-ring (bicyclic) bond motifs is 8. The van der Waals surface area contributed by atoms with Crippen molar-refractivity contribution in [3.8, 4) is 22.3 Å². The fourth-order valence-electron chi connectivity index (χ4n) is 12.5. The fraction of sp³-hybridized carbons (Fsp3) is 0.0270. The van der Waals surface area contributed by atoms with E-state index in [0.29, 0.717) is 0 Å². The number of rotatable bonds is 8. The zero-order valence-electron chi connectivity index (χ0n) is 41.9. The van der Waals surface area contributed by atoms with Crippen molar-refractivity contribution < 1.29 is 0 Å². The van der Waals surface area contributed by atoms with Crippen LogP contribution in [0.5, 0.6) is 0 Å². The Kier molecular flexibility index (Phi) is 10.4. The maximum Gasteiger partial charge on any atom is 0.0540 e. The molecule has 0 spiro atoms. The molecule has 0 atom stereocenters. The monoisotopic (exact) mass is 966 g/mol. The van der Waals surface area contributed by atoms with Crippen molar-refractivity contribution in [3.63, 3.8) is 0 Å². The van der Waals surface area contributed by atoms with E-state index in [1.54, 1.807) is 0 Å². The van der Waals surface area contributed by atoms with E-state index >= 15 is 0 Å². The second-order valence-corrected chi connectivity index (χ2v) is 20.3. The predicted molar refractivity (Wildman–Crippen MR) is 327 cm³/mol. The van der Waals surface area contributed by atoms with Gasteiger partial charge in [0.25, 0.3) is 0 Å². The van der Waals surface area contributed by atoms with Crippen molar-refractivity contribution in [2.75, 3.05) is 9.80 Å². The number of allylic oxidation sites excluding steroid dienone is 1. The highest BCUT2D eigenvalue weighted by atomic mass is 15.2. The van der Waals surface area contributed by atoms with Crippen LogP contribution < -0.4 is 9.80 Å². The summed E-state index contributed by atoms with van der Waals surface area (Å²) in [5.41, 5.74) is 14.3. The largest absolute Gasteiger partial charge is 0.310 e. The van der Waals surface area contributed by atoms with Crippen molar-refractivity contribution in [1.29, 1.82) is 0 Å². The standard InChI is InChI=1S/C74H50N2/c1-3-23-55-45-57(39-37-49(55)17-1)73-65-43-41-60(76(71-35-15-27-53-21-7-11-31-63(53)71)72-36-16-28-54-22-8-12-32-64(54)72)48-68(65)74(58-40-38-50-18-2-4-24-56(50)46-58)66-44-42-59(47-67(66)73)75(69-33-13-25-51-19-5-9-29-61(51)69)70-34-14-26-52-20-6-10-30-62(52)70/h1-11,13-31,33-48H,12,32H2. The van der Waals surface area contributed by atoms with Gasteiger partial charge < -0.3 is 9.80 Å². The Balaban J connectivity index is 1.08. The molecule has 0 N–H and O–H groups in total. The number of hydrogen-bond acceptors (Lipinski definition) is 2. The lowest BCUT2D eigenvalue weighted by Crippen LogP contribution is -2.14. The molecule has 2 nitrogen and oxygen atoms in total. The van der Waals surface area contributed by atoms with Gasteiger partial charge in [-0.2, -0.15) is 0 Å². The topological polar surface area (TPSA) is 6.48 Å². The van der Waals surface area contributed by atoms with Crippen LogP contribution in [0.25, 0.3) is 104 Å². The molecule has 0 bridgehead atoms. The molecular weight excluding hydrogens is 917 g/mol. The summed E-state index contributed by atoms with van der Waals surface area (Å²) in [5, 5.41) is 16.9. The Morgan fingerprint density at radius 1 is 0.263 bits per heavy atom. The van der Waals surface area contributed by atoms with E-state index in [0.717, 1.165) is 41.3 Å². The van der Waals surface area contributed by atoms with Crippen LogP contribution in [-0.4, -0.2) is 0 Å². The Bertz CT molecular complexity index is 4580. The lowest BCUT2D eigenvalue weighted by atomic mass is 9.84. The summed E-state index contributed by atoms with van der Waals surface area (Å²) in [5.74, 6) is 0. The van der Waals surface area contributed by atoms with Crippen molar-refractivity contribution in [1.82, 2.24) is 0 Å². The van der Waals surface area contributed by atoms with E-state index in [2.05, 4.69) is 289 Å². The summed E-state index contributed by atoms with van der Waals surface area (Å²) < 4.78 is 0. The molecule has 0 radical (unpaired) electrons. The molecule has 14 aromatic carbocycles. The van der Waals surface area contributed by atoms with Gasteiger partial charge in [-0.05, 0) is 166 Å². The number of hydrogen-bond donors (Lipinski definition) is 0. The highest BCUT2D eigenvalue weighted by Gasteiger charge is 2.26. The Labute approximate surface area is 442 Å². The summed E-state index contributed by atoms with van der Waals surface area (Å²) in [7, 11) is 0. The van der Waals surface area contributed by atoms with Crippen molar-refractivity contribution in [2.45, 2.75) is 12.8 Å². The molecular formula is C74H50N2. The SMILES string of the molecule is C1=Cc2cccc(N(c3ccc4c(-c5ccc6ccccc6c5)c5cc(N(c6cccc7ccccc67)c6cccc7ccccc67)ccc5c(-c5ccc6ccccc6c5)c4c3)c3cccc4ccccc34)c2CC1. The average molecular weight is 967 g/mol. The molecule has 0 aromatic heterocycles. The predicted octanol–water partition coefficient (Wildman–Crippen LogP) is 21.0. The number of anilines is 6. The first-order chi connectivity index (χ1) is 37.7. The second-order valence-electron chi connectivity index (χ2n) is 20.3. The van der Waals surface area contributed by atoms with Gasteiger partial charge in [0, 0.05) is 33.2 Å². The molecule has 356 valence electrons. The van der Waals surface area contributed by atoms with Gasteiger partial charge in [-0.1, -0.05) is 218 Å². The van der Waals surface area contributed by atoms with Crippen molar-refractivity contribution in [2.24, 2.45) is 0 Å². The number of benzene rings is 14. The molecule has 1 aliphatic carbocycles. The molecule has 14 aromatic rings. The third-order valence-electron chi connectivity index (χ3n) is 16.0. The molecule has 76 heavy (non-hydrogen) atoms. The first kappa shape index (κ1) is 43.8. The minimum Gasteiger partial charge on any atom is -0.310 e. The quantitative estimate of drug-likeness (QED) is 0.140. The molecule has 0 aliphatic heterocycles. The summed E-state index contributed by atoms with van der Waals surface area (Å²) in [6, 6.07) is 99.5. The molecule has 0 amide bonds. The fourth-order valence-corrected chi connectivity index (χ4v) is 12.5. The molecule has 2 heteroatoms. The second kappa shape index (κ2) is 18.0. The van der Waals surface area contributed by atoms with E-state index in [9.17, 15) is 0 Å². The van der Waals surface area contributed by atoms with Crippen molar-refractivity contribution >= 4 is 116 Å². The van der Waals surface area contributed by atoms with Crippen LogP contribution in [0.4, 0.5) is 34.1 Å². The van der Waals surface area contributed by atoms with Crippen LogP contribution in [0.15, 0.2) is 273 Å². The van der Waals surface area contributed by atoms with E-state index in [-0.39, 0.29) is 0 Å². The molecule has 1 aliphatic rings. The Morgan fingerprint density at radius 2 is 0.658 bits per heavy atom. The first-order valence-corrected chi connectivity index (χ1v) is 26.5. The molecule has 0 saturated carbocycles. The maximum atomic E-state index is 2.54. The van der Waals surface area contributed by atoms with E-state index in [1.165, 1.54) is 114 Å². The zero-order valence-corrected chi connectivity index (χ0v) is 41.9. The average Bonchev–Trinajstić information content (AvgIpc) is 3.51. The van der Waals surface area contributed by atoms with Gasteiger partial charge in [0.15, 0.2) is 0 Å². The zero-order chi connectivity index (χ0) is 50.1.